The van der Waals surface area contributed by atoms with Crippen LogP contribution in [0, 0.1) is 6.92 Å². The van der Waals surface area contributed by atoms with Crippen LogP contribution in [-0.2, 0) is 30.9 Å². The number of nitrogens with two attached hydrogens (primary N) is 1. The lowest BCUT2D eigenvalue weighted by atomic mass is 10.0. The predicted molar refractivity (Wildman–Crippen MR) is 111 cm³/mol. The summed E-state index contributed by atoms with van der Waals surface area (Å²) in [7, 11) is -3.76. The zero-order valence-corrected chi connectivity index (χ0v) is 18.0. The molecule has 30 heavy (non-hydrogen) atoms. The second-order valence-electron chi connectivity index (χ2n) is 7.11. The minimum absolute atomic E-state index is 0.0132. The van der Waals surface area contributed by atoms with Crippen LogP contribution < -0.4 is 15.2 Å². The molecular formula is C21H26N2O6S. The Kier molecular flexibility index (Phi) is 7.96. The van der Waals surface area contributed by atoms with Gasteiger partial charge in [-0.15, -0.1) is 0 Å². The summed E-state index contributed by atoms with van der Waals surface area (Å²) < 4.78 is 33.0. The summed E-state index contributed by atoms with van der Waals surface area (Å²) in [5.74, 6) is -0.285. The third-order valence-corrected chi connectivity index (χ3v) is 5.17. The number of hydrogen-bond acceptors (Lipinski definition) is 6. The molecule has 0 unspecified atom stereocenters. The summed E-state index contributed by atoms with van der Waals surface area (Å²) in [6, 6.07) is 11.6. The minimum Gasteiger partial charge on any atom is -0.482 e. The maximum absolute atomic E-state index is 11.9. The molecule has 0 aliphatic heterocycles. The molecule has 0 saturated heterocycles. The maximum Gasteiger partial charge on any atom is 0.344 e. The highest BCUT2D eigenvalue weighted by molar-refractivity contribution is 7.89. The number of rotatable bonds is 9. The number of amides is 1. The van der Waals surface area contributed by atoms with Crippen LogP contribution in [0.2, 0.25) is 0 Å². The number of sulfonamides is 1. The van der Waals surface area contributed by atoms with E-state index in [1.54, 1.807) is 0 Å². The first-order chi connectivity index (χ1) is 14.1. The highest BCUT2D eigenvalue weighted by Gasteiger charge is 2.13. The summed E-state index contributed by atoms with van der Waals surface area (Å²) in [4.78, 5) is 23.7. The number of nitrogens with one attached hydrogen (secondary N) is 1. The summed E-state index contributed by atoms with van der Waals surface area (Å²) in [5.41, 5.74) is 2.67. The number of esters is 1. The molecule has 0 atom stereocenters. The van der Waals surface area contributed by atoms with Gasteiger partial charge >= 0.3 is 5.97 Å². The smallest absolute Gasteiger partial charge is 0.344 e. The van der Waals surface area contributed by atoms with Crippen molar-refractivity contribution in [3.63, 3.8) is 0 Å². The van der Waals surface area contributed by atoms with Crippen molar-refractivity contribution < 1.29 is 27.5 Å². The molecule has 0 spiro atoms. The van der Waals surface area contributed by atoms with E-state index < -0.39 is 28.5 Å². The van der Waals surface area contributed by atoms with E-state index in [0.29, 0.717) is 11.3 Å². The van der Waals surface area contributed by atoms with E-state index in [4.69, 9.17) is 14.6 Å². The van der Waals surface area contributed by atoms with Crippen LogP contribution in [0.3, 0.4) is 0 Å². The molecule has 0 aliphatic rings. The number of ether oxygens (including phenoxy) is 2. The van der Waals surface area contributed by atoms with Gasteiger partial charge in [0, 0.05) is 6.54 Å². The maximum atomic E-state index is 11.9. The Hall–Kier alpha value is -2.91. The first-order valence-corrected chi connectivity index (χ1v) is 10.9. The zero-order chi connectivity index (χ0) is 22.3. The molecule has 0 heterocycles. The van der Waals surface area contributed by atoms with Crippen molar-refractivity contribution in [2.75, 3.05) is 13.2 Å². The van der Waals surface area contributed by atoms with E-state index in [-0.39, 0.29) is 24.0 Å². The number of hydrogen-bond donors (Lipinski definition) is 2. The predicted octanol–water partition coefficient (Wildman–Crippen LogP) is 2.00. The molecule has 0 bridgehead atoms. The van der Waals surface area contributed by atoms with Gasteiger partial charge in [-0.1, -0.05) is 38.1 Å². The normalized spacial score (nSPS) is 11.2. The summed E-state index contributed by atoms with van der Waals surface area (Å²) in [5, 5.41) is 7.61. The summed E-state index contributed by atoms with van der Waals surface area (Å²) in [6.45, 7) is 5.40. The Morgan fingerprint density at radius 2 is 1.73 bits per heavy atom. The third-order valence-electron chi connectivity index (χ3n) is 4.24. The van der Waals surface area contributed by atoms with Crippen LogP contribution in [-0.4, -0.2) is 33.5 Å². The quantitative estimate of drug-likeness (QED) is 0.582. The van der Waals surface area contributed by atoms with Crippen LogP contribution in [0.25, 0.3) is 0 Å². The molecule has 0 aliphatic carbocycles. The molecule has 2 aromatic rings. The highest BCUT2D eigenvalue weighted by atomic mass is 32.2. The second kappa shape index (κ2) is 10.2. The van der Waals surface area contributed by atoms with Crippen LogP contribution in [0.15, 0.2) is 47.4 Å². The molecule has 1 amide bonds. The van der Waals surface area contributed by atoms with E-state index in [1.165, 1.54) is 24.3 Å². The van der Waals surface area contributed by atoms with E-state index in [9.17, 15) is 18.0 Å². The van der Waals surface area contributed by atoms with Crippen LogP contribution in [0.4, 0.5) is 0 Å². The fourth-order valence-electron chi connectivity index (χ4n) is 2.62. The molecule has 2 rings (SSSR count). The van der Waals surface area contributed by atoms with E-state index in [1.807, 2.05) is 39.0 Å². The molecule has 3 N–H and O–H groups in total. The van der Waals surface area contributed by atoms with Crippen molar-refractivity contribution in [1.29, 1.82) is 0 Å². The molecular weight excluding hydrogens is 408 g/mol. The summed E-state index contributed by atoms with van der Waals surface area (Å²) >= 11 is 0. The van der Waals surface area contributed by atoms with E-state index in [0.717, 1.165) is 11.1 Å². The SMILES string of the molecule is Cc1ccc(C(C)C)c(OCC(=O)OCC(=O)NCc2ccc(S(N)(=O)=O)cc2)c1. The number of carbonyl (C=O) groups is 2. The van der Waals surface area contributed by atoms with Gasteiger partial charge in [0.05, 0.1) is 4.90 Å². The lowest BCUT2D eigenvalue weighted by molar-refractivity contribution is -0.150. The van der Waals surface area contributed by atoms with Gasteiger partial charge < -0.3 is 14.8 Å². The molecule has 0 saturated carbocycles. The number of benzene rings is 2. The van der Waals surface area contributed by atoms with Crippen molar-refractivity contribution in [3.8, 4) is 5.75 Å². The van der Waals surface area contributed by atoms with Crippen LogP contribution in [0.1, 0.15) is 36.5 Å². The van der Waals surface area contributed by atoms with Gasteiger partial charge in [-0.05, 0) is 47.7 Å². The van der Waals surface area contributed by atoms with Gasteiger partial charge in [-0.25, -0.2) is 18.4 Å². The Morgan fingerprint density at radius 3 is 2.33 bits per heavy atom. The van der Waals surface area contributed by atoms with E-state index >= 15 is 0 Å². The Bertz CT molecular complexity index is 1000. The zero-order valence-electron chi connectivity index (χ0n) is 17.2. The number of carbonyl (C=O) groups excluding carboxylic acids is 2. The summed E-state index contributed by atoms with van der Waals surface area (Å²) in [6.07, 6.45) is 0. The fraction of sp³-hybridized carbons (Fsp3) is 0.333. The lowest BCUT2D eigenvalue weighted by Crippen LogP contribution is -2.29. The fourth-order valence-corrected chi connectivity index (χ4v) is 3.13. The number of aryl methyl sites for hydroxylation is 1. The molecule has 8 nitrogen and oxygen atoms in total. The Morgan fingerprint density at radius 1 is 1.07 bits per heavy atom. The molecule has 162 valence electrons. The van der Waals surface area contributed by atoms with Crippen LogP contribution in [0.5, 0.6) is 5.75 Å². The first-order valence-electron chi connectivity index (χ1n) is 9.33. The van der Waals surface area contributed by atoms with E-state index in [2.05, 4.69) is 5.32 Å². The topological polar surface area (TPSA) is 125 Å². The van der Waals surface area contributed by atoms with Gasteiger partial charge in [0.1, 0.15) is 5.75 Å². The van der Waals surface area contributed by atoms with Gasteiger partial charge in [0.2, 0.25) is 10.0 Å². The van der Waals surface area contributed by atoms with Crippen LogP contribution >= 0.6 is 0 Å². The van der Waals surface area contributed by atoms with Crippen molar-refractivity contribution in [2.45, 2.75) is 38.1 Å². The van der Waals surface area contributed by atoms with Gasteiger partial charge in [-0.2, -0.15) is 0 Å². The van der Waals surface area contributed by atoms with Crippen molar-refractivity contribution in [3.05, 3.63) is 59.2 Å². The third kappa shape index (κ3) is 7.16. The molecule has 0 fully saturated rings. The van der Waals surface area contributed by atoms with Gasteiger partial charge in [0.15, 0.2) is 13.2 Å². The molecule has 2 aromatic carbocycles. The van der Waals surface area contributed by atoms with Crippen molar-refractivity contribution in [1.82, 2.24) is 5.32 Å². The monoisotopic (exact) mass is 434 g/mol. The first kappa shape index (κ1) is 23.4. The Labute approximate surface area is 176 Å². The highest BCUT2D eigenvalue weighted by Crippen LogP contribution is 2.27. The standard InChI is InChI=1S/C21H26N2O6S/c1-14(2)18-9-4-15(3)10-19(18)28-13-21(25)29-12-20(24)23-11-16-5-7-17(8-6-16)30(22,26)27/h4-10,14H,11-13H2,1-3H3,(H,23,24)(H2,22,26,27). The molecule has 0 aromatic heterocycles. The average Bonchev–Trinajstić information content (AvgIpc) is 2.68. The molecule has 0 radical (unpaired) electrons. The van der Waals surface area contributed by atoms with Gasteiger partial charge in [0.25, 0.3) is 5.91 Å². The van der Waals surface area contributed by atoms with Crippen molar-refractivity contribution >= 4 is 21.9 Å². The minimum atomic E-state index is -3.76. The largest absolute Gasteiger partial charge is 0.482 e. The van der Waals surface area contributed by atoms with Crippen molar-refractivity contribution in [2.24, 2.45) is 5.14 Å². The number of primary sulfonamides is 1. The lowest BCUT2D eigenvalue weighted by Gasteiger charge is -2.14. The molecule has 9 heteroatoms. The average molecular weight is 435 g/mol. The van der Waals surface area contributed by atoms with Gasteiger partial charge in [-0.3, -0.25) is 4.79 Å². The second-order valence-corrected chi connectivity index (χ2v) is 8.67. The Balaban J connectivity index is 1.77.